The van der Waals surface area contributed by atoms with Crippen LogP contribution in [-0.4, -0.2) is 34.2 Å². The highest BCUT2D eigenvalue weighted by molar-refractivity contribution is 7.99. The van der Waals surface area contributed by atoms with Crippen LogP contribution >= 0.6 is 18.9 Å². The van der Waals surface area contributed by atoms with Crippen LogP contribution in [0.15, 0.2) is 59.9 Å². The molecule has 0 saturated heterocycles. The molecule has 0 spiro atoms. The molecule has 0 amide bonds. The van der Waals surface area contributed by atoms with Gasteiger partial charge in [-0.05, 0) is 55.1 Å². The number of rotatable bonds is 7. The summed E-state index contributed by atoms with van der Waals surface area (Å²) in [5, 5.41) is 14.7. The first kappa shape index (κ1) is 24.1. The van der Waals surface area contributed by atoms with Crippen molar-refractivity contribution in [2.24, 2.45) is 0 Å². The molecule has 0 radical (unpaired) electrons. The molecule has 5 nitrogen and oxygen atoms in total. The largest absolute Gasteiger partial charge is 0.507 e. The second kappa shape index (κ2) is 9.55. The Balaban J connectivity index is 1.67. The molecule has 1 unspecified atom stereocenters. The van der Waals surface area contributed by atoms with Crippen LogP contribution in [0.25, 0.3) is 0 Å². The van der Waals surface area contributed by atoms with Crippen molar-refractivity contribution in [3.8, 4) is 5.75 Å². The van der Waals surface area contributed by atoms with E-state index in [1.54, 1.807) is 26.3 Å². The van der Waals surface area contributed by atoms with Crippen molar-refractivity contribution in [2.75, 3.05) is 24.4 Å². The zero-order valence-corrected chi connectivity index (χ0v) is 19.4. The highest BCUT2D eigenvalue weighted by Gasteiger charge is 2.35. The van der Waals surface area contributed by atoms with Gasteiger partial charge in [-0.2, -0.15) is 13.2 Å². The number of alkyl halides is 3. The van der Waals surface area contributed by atoms with Crippen LogP contribution in [0.5, 0.6) is 5.75 Å². The van der Waals surface area contributed by atoms with E-state index in [-0.39, 0.29) is 11.5 Å². The van der Waals surface area contributed by atoms with Crippen LogP contribution < -0.4 is 10.6 Å². The summed E-state index contributed by atoms with van der Waals surface area (Å²) in [4.78, 5) is 8.39. The second-order valence-electron chi connectivity index (χ2n) is 7.72. The van der Waals surface area contributed by atoms with E-state index in [4.69, 9.17) is 0 Å². The quantitative estimate of drug-likeness (QED) is 0.242. The molecule has 1 heterocycles. The topological polar surface area (TPSA) is 75.1 Å². The fraction of sp³-hybridized carbons (Fsp3) is 0.273. The van der Waals surface area contributed by atoms with Gasteiger partial charge in [0.2, 0.25) is 0 Å². The Hall–Kier alpha value is -2.51. The average Bonchev–Trinajstić information content (AvgIpc) is 2.71. The van der Waals surface area contributed by atoms with Gasteiger partial charge in [0, 0.05) is 22.8 Å². The lowest BCUT2D eigenvalue weighted by Crippen LogP contribution is -2.08. The maximum atomic E-state index is 13.0. The monoisotopic (exact) mass is 481 g/mol. The Bertz CT molecular complexity index is 1130. The number of halogens is 3. The van der Waals surface area contributed by atoms with Crippen molar-refractivity contribution in [2.45, 2.75) is 24.0 Å². The van der Waals surface area contributed by atoms with Gasteiger partial charge in [-0.15, -0.1) is 11.8 Å². The van der Waals surface area contributed by atoms with E-state index < -0.39 is 24.6 Å². The minimum absolute atomic E-state index is 0.240. The molecule has 2 aromatic carbocycles. The van der Waals surface area contributed by atoms with Gasteiger partial charge in [-0.25, -0.2) is 9.97 Å². The minimum Gasteiger partial charge on any atom is -0.507 e. The fourth-order valence-electron chi connectivity index (χ4n) is 3.03. The lowest BCUT2D eigenvalue weighted by atomic mass is 9.99. The van der Waals surface area contributed by atoms with E-state index in [2.05, 4.69) is 15.3 Å². The van der Waals surface area contributed by atoms with E-state index in [0.29, 0.717) is 16.6 Å². The van der Waals surface area contributed by atoms with Gasteiger partial charge in [0.1, 0.15) is 30.1 Å². The summed E-state index contributed by atoms with van der Waals surface area (Å²) in [6, 6.07) is 12.7. The molecule has 0 saturated carbocycles. The standard InChI is InChI=1S/C22H23F3N3O2PS/c1-14(17-5-4-6-18(21(17)29)22(23,24)25)12-32-20-11-19(26-13-27-20)28-15-7-9-16(10-8-15)31(2,3)30/h4-11,13-14,29H,12H2,1-3H3,(H,26,27,28). The number of hydrogen-bond acceptors (Lipinski definition) is 6. The fourth-order valence-corrected chi connectivity index (χ4v) is 4.81. The third-order valence-electron chi connectivity index (χ3n) is 4.79. The van der Waals surface area contributed by atoms with Gasteiger partial charge in [0.25, 0.3) is 0 Å². The Labute approximate surface area is 188 Å². The van der Waals surface area contributed by atoms with E-state index in [1.165, 1.54) is 30.2 Å². The Morgan fingerprint density at radius 1 is 1.12 bits per heavy atom. The smallest absolute Gasteiger partial charge is 0.419 e. The van der Waals surface area contributed by atoms with E-state index in [9.17, 15) is 22.8 Å². The number of aromatic hydroxyl groups is 1. The van der Waals surface area contributed by atoms with Crippen LogP contribution in [0.2, 0.25) is 0 Å². The maximum Gasteiger partial charge on any atom is 0.419 e. The Morgan fingerprint density at radius 2 is 1.81 bits per heavy atom. The number of thioether (sulfide) groups is 1. The van der Waals surface area contributed by atoms with Crippen molar-refractivity contribution in [3.63, 3.8) is 0 Å². The number of nitrogens with zero attached hydrogens (tertiary/aromatic N) is 2. The van der Waals surface area contributed by atoms with Crippen molar-refractivity contribution in [1.82, 2.24) is 9.97 Å². The first-order valence-electron chi connectivity index (χ1n) is 9.71. The zero-order valence-electron chi connectivity index (χ0n) is 17.7. The van der Waals surface area contributed by atoms with Crippen molar-refractivity contribution in [3.05, 3.63) is 66.0 Å². The van der Waals surface area contributed by atoms with Crippen molar-refractivity contribution < 1.29 is 22.8 Å². The lowest BCUT2D eigenvalue weighted by molar-refractivity contribution is -0.138. The number of phenols is 1. The molecule has 32 heavy (non-hydrogen) atoms. The Morgan fingerprint density at radius 3 is 2.44 bits per heavy atom. The summed E-state index contributed by atoms with van der Waals surface area (Å²) in [6.45, 7) is 5.18. The highest BCUT2D eigenvalue weighted by Crippen LogP contribution is 2.40. The number of para-hydroxylation sites is 1. The predicted octanol–water partition coefficient (Wildman–Crippen LogP) is 6.09. The number of benzene rings is 2. The number of phenolic OH excluding ortho intramolecular Hbond substituents is 1. The summed E-state index contributed by atoms with van der Waals surface area (Å²) in [7, 11) is -2.33. The molecule has 0 aliphatic carbocycles. The number of nitrogens with one attached hydrogen (secondary N) is 1. The molecule has 3 rings (SSSR count). The molecule has 0 aliphatic rings. The summed E-state index contributed by atoms with van der Waals surface area (Å²) in [5.41, 5.74) is -0.0167. The highest BCUT2D eigenvalue weighted by atomic mass is 32.2. The van der Waals surface area contributed by atoms with Crippen molar-refractivity contribution in [1.29, 1.82) is 0 Å². The van der Waals surface area contributed by atoms with Crippen molar-refractivity contribution >= 4 is 35.7 Å². The SMILES string of the molecule is CC(CSc1cc(Nc2ccc(P(C)(C)=O)cc2)ncn1)c1cccc(C(F)(F)F)c1O. The molecule has 0 aliphatic heterocycles. The van der Waals surface area contributed by atoms with Crippen LogP contribution in [0, 0.1) is 0 Å². The van der Waals surface area contributed by atoms with E-state index in [1.807, 2.05) is 24.3 Å². The molecule has 2 N–H and O–H groups in total. The summed E-state index contributed by atoms with van der Waals surface area (Å²) < 4.78 is 51.3. The summed E-state index contributed by atoms with van der Waals surface area (Å²) >= 11 is 1.36. The van der Waals surface area contributed by atoms with Crippen LogP contribution in [0.1, 0.15) is 24.0 Å². The first-order valence-corrected chi connectivity index (χ1v) is 13.3. The van der Waals surface area contributed by atoms with E-state index >= 15 is 0 Å². The number of hydrogen-bond donors (Lipinski definition) is 2. The summed E-state index contributed by atoms with van der Waals surface area (Å²) in [5.74, 6) is -0.0891. The van der Waals surface area contributed by atoms with Gasteiger partial charge < -0.3 is 15.0 Å². The molecule has 0 bridgehead atoms. The maximum absolute atomic E-state index is 13.0. The molecular weight excluding hydrogens is 458 g/mol. The van der Waals surface area contributed by atoms with Gasteiger partial charge >= 0.3 is 6.18 Å². The predicted molar refractivity (Wildman–Crippen MR) is 123 cm³/mol. The molecule has 0 fully saturated rings. The zero-order chi connectivity index (χ0) is 23.5. The average molecular weight is 481 g/mol. The lowest BCUT2D eigenvalue weighted by Gasteiger charge is -2.17. The number of anilines is 2. The molecule has 1 atom stereocenters. The first-order chi connectivity index (χ1) is 14.9. The third-order valence-corrected chi connectivity index (χ3v) is 7.52. The molecule has 1 aromatic heterocycles. The summed E-state index contributed by atoms with van der Waals surface area (Å²) in [6.07, 6.45) is -3.21. The number of aromatic nitrogens is 2. The van der Waals surface area contributed by atoms with Crippen LogP contribution in [0.3, 0.4) is 0 Å². The van der Waals surface area contributed by atoms with Crippen LogP contribution in [-0.2, 0) is 10.7 Å². The van der Waals surface area contributed by atoms with Gasteiger partial charge in [0.15, 0.2) is 0 Å². The van der Waals surface area contributed by atoms with Gasteiger partial charge in [-0.1, -0.05) is 19.1 Å². The minimum atomic E-state index is -4.61. The molecule has 3 aromatic rings. The molecule has 170 valence electrons. The normalized spacial score (nSPS) is 13.1. The van der Waals surface area contributed by atoms with Crippen LogP contribution in [0.4, 0.5) is 24.7 Å². The van der Waals surface area contributed by atoms with Gasteiger partial charge in [-0.3, -0.25) is 0 Å². The Kier molecular flexibility index (Phi) is 7.20. The van der Waals surface area contributed by atoms with Gasteiger partial charge in [0.05, 0.1) is 5.56 Å². The second-order valence-corrected chi connectivity index (χ2v) is 12.0. The van der Waals surface area contributed by atoms with E-state index in [0.717, 1.165) is 17.1 Å². The molecule has 10 heteroatoms. The third kappa shape index (κ3) is 6.04. The molecular formula is C22H23F3N3O2PS.